The average Bonchev–Trinajstić information content (AvgIpc) is 2.79. The van der Waals surface area contributed by atoms with Crippen LogP contribution in [0.3, 0.4) is 0 Å². The van der Waals surface area contributed by atoms with Crippen molar-refractivity contribution in [1.29, 1.82) is 0 Å². The van der Waals surface area contributed by atoms with Gasteiger partial charge in [-0.05, 0) is 47.9 Å². The van der Waals surface area contributed by atoms with E-state index in [1.807, 2.05) is 31.2 Å². The number of anilines is 2. The molecule has 36 heavy (non-hydrogen) atoms. The fourth-order valence-corrected chi connectivity index (χ4v) is 4.34. The zero-order valence-corrected chi connectivity index (χ0v) is 20.4. The van der Waals surface area contributed by atoms with Gasteiger partial charge in [0.1, 0.15) is 18.7 Å². The van der Waals surface area contributed by atoms with E-state index in [9.17, 15) is 26.3 Å². The molecule has 0 N–H and O–H groups in total. The highest BCUT2D eigenvalue weighted by Crippen LogP contribution is 2.41. The Hall–Kier alpha value is -3.20. The van der Waals surface area contributed by atoms with Crippen LogP contribution in [0.15, 0.2) is 72.8 Å². The third-order valence-electron chi connectivity index (χ3n) is 5.99. The quantitative estimate of drug-likeness (QED) is 0.241. The van der Waals surface area contributed by atoms with Crippen molar-refractivity contribution in [2.45, 2.75) is 24.9 Å². The molecule has 0 unspecified atom stereocenters. The van der Waals surface area contributed by atoms with E-state index in [1.165, 1.54) is 21.2 Å². The summed E-state index contributed by atoms with van der Waals surface area (Å²) in [5, 5.41) is 0. The lowest BCUT2D eigenvalue weighted by molar-refractivity contribution is -0.120. The van der Waals surface area contributed by atoms with Crippen LogP contribution in [0.4, 0.5) is 37.7 Å². The molecule has 0 aromatic heterocycles. The van der Waals surface area contributed by atoms with Gasteiger partial charge in [-0.3, -0.25) is 0 Å². The largest absolute Gasteiger partial charge is 0.405 e. The molecule has 0 amide bonds. The van der Waals surface area contributed by atoms with E-state index in [1.54, 1.807) is 48.5 Å². The van der Waals surface area contributed by atoms with Crippen LogP contribution in [-0.4, -0.2) is 46.6 Å². The van der Waals surface area contributed by atoms with Gasteiger partial charge in [0.2, 0.25) is 0 Å². The summed E-state index contributed by atoms with van der Waals surface area (Å²) in [6.45, 7) is -0.257. The molecule has 3 rings (SSSR count). The Kier molecular flexibility index (Phi) is 7.93. The molecule has 0 saturated heterocycles. The zero-order chi connectivity index (χ0) is 26.7. The van der Waals surface area contributed by atoms with Gasteiger partial charge in [-0.15, -0.1) is 0 Å². The van der Waals surface area contributed by atoms with E-state index < -0.39 is 31.0 Å². The molecule has 0 atom stereocenters. The fourth-order valence-electron chi connectivity index (χ4n) is 4.34. The van der Waals surface area contributed by atoms with Crippen molar-refractivity contribution in [3.05, 3.63) is 95.1 Å². The Morgan fingerprint density at radius 2 is 1.06 bits per heavy atom. The summed E-state index contributed by atoms with van der Waals surface area (Å²) in [5.41, 5.74) is 2.69. The maximum atomic E-state index is 12.8. The predicted molar refractivity (Wildman–Crippen MR) is 130 cm³/mol. The maximum Gasteiger partial charge on any atom is 0.405 e. The monoisotopic (exact) mass is 510 g/mol. The van der Waals surface area contributed by atoms with Gasteiger partial charge in [-0.2, -0.15) is 26.3 Å². The Balaban J connectivity index is 2.08. The van der Waals surface area contributed by atoms with Gasteiger partial charge in [0, 0.05) is 32.6 Å². The molecule has 0 fully saturated rings. The molecule has 0 spiro atoms. The summed E-state index contributed by atoms with van der Waals surface area (Å²) < 4.78 is 83.2. The van der Waals surface area contributed by atoms with Crippen molar-refractivity contribution >= 4 is 11.4 Å². The number of nitrogens with zero attached hydrogens (tertiary/aromatic N) is 2. The van der Waals surface area contributed by atoms with Gasteiger partial charge in [-0.1, -0.05) is 54.1 Å². The van der Waals surface area contributed by atoms with Crippen molar-refractivity contribution in [3.63, 3.8) is 0 Å². The standard InChI is InChI=1S/C27H28F6N2O/c1-19-6-5-7-22(16-19)27(36-4,20-8-12-23(13-9-20)34(2)17-25(28,29)30)21-10-14-24(15-11-21)35(3)18-26(31,32)33/h5-16H,17-18H2,1-4H3. The first-order chi connectivity index (χ1) is 16.7. The lowest BCUT2D eigenvalue weighted by Gasteiger charge is -2.35. The van der Waals surface area contributed by atoms with E-state index in [2.05, 4.69) is 0 Å². The third kappa shape index (κ3) is 6.32. The first-order valence-electron chi connectivity index (χ1n) is 11.1. The van der Waals surface area contributed by atoms with Crippen LogP contribution < -0.4 is 9.80 Å². The molecule has 0 aliphatic heterocycles. The van der Waals surface area contributed by atoms with Gasteiger partial charge in [0.05, 0.1) is 0 Å². The number of hydrogen-bond acceptors (Lipinski definition) is 3. The van der Waals surface area contributed by atoms with Crippen LogP contribution in [0.1, 0.15) is 22.3 Å². The molecule has 0 aliphatic carbocycles. The minimum Gasteiger partial charge on any atom is -0.366 e. The Bertz CT molecular complexity index is 1080. The van der Waals surface area contributed by atoms with Crippen molar-refractivity contribution in [2.75, 3.05) is 44.1 Å². The lowest BCUT2D eigenvalue weighted by atomic mass is 9.79. The highest BCUT2D eigenvalue weighted by atomic mass is 19.4. The molecular weight excluding hydrogens is 482 g/mol. The van der Waals surface area contributed by atoms with Crippen molar-refractivity contribution in [1.82, 2.24) is 0 Å². The van der Waals surface area contributed by atoms with Gasteiger partial charge >= 0.3 is 12.4 Å². The molecule has 0 heterocycles. The summed E-state index contributed by atoms with van der Waals surface area (Å²) in [7, 11) is 4.25. The number of hydrogen-bond donors (Lipinski definition) is 0. The highest BCUT2D eigenvalue weighted by Gasteiger charge is 2.37. The normalized spacial score (nSPS) is 12.5. The van der Waals surface area contributed by atoms with Crippen LogP contribution in [0, 0.1) is 6.92 Å². The topological polar surface area (TPSA) is 15.7 Å². The number of methoxy groups -OCH3 is 1. The SMILES string of the molecule is COC(c1ccc(N(C)CC(F)(F)F)cc1)(c1ccc(N(C)CC(F)(F)F)cc1)c1cccc(C)c1. The number of alkyl halides is 6. The van der Waals surface area contributed by atoms with Crippen molar-refractivity contribution in [2.24, 2.45) is 0 Å². The first-order valence-corrected chi connectivity index (χ1v) is 11.1. The van der Waals surface area contributed by atoms with E-state index in [-0.39, 0.29) is 0 Å². The van der Waals surface area contributed by atoms with Gasteiger partial charge < -0.3 is 14.5 Å². The van der Waals surface area contributed by atoms with Crippen LogP contribution in [-0.2, 0) is 10.3 Å². The lowest BCUT2D eigenvalue weighted by Crippen LogP contribution is -2.33. The Labute approximate surface area is 206 Å². The molecule has 0 radical (unpaired) electrons. The van der Waals surface area contributed by atoms with Gasteiger partial charge in [-0.25, -0.2) is 0 Å². The van der Waals surface area contributed by atoms with Crippen molar-refractivity contribution in [3.8, 4) is 0 Å². The van der Waals surface area contributed by atoms with E-state index in [0.717, 1.165) is 20.9 Å². The minimum atomic E-state index is -4.34. The zero-order valence-electron chi connectivity index (χ0n) is 20.4. The minimum absolute atomic E-state index is 0.384. The average molecular weight is 511 g/mol. The molecule has 0 bridgehead atoms. The summed E-state index contributed by atoms with van der Waals surface area (Å²) in [6, 6.07) is 20.8. The van der Waals surface area contributed by atoms with Gasteiger partial charge in [0.25, 0.3) is 0 Å². The first kappa shape index (κ1) is 27.4. The van der Waals surface area contributed by atoms with Crippen molar-refractivity contribution < 1.29 is 31.1 Å². The Morgan fingerprint density at radius 1 is 0.639 bits per heavy atom. The van der Waals surface area contributed by atoms with Crippen LogP contribution in [0.25, 0.3) is 0 Å². The maximum absolute atomic E-state index is 12.8. The molecule has 9 heteroatoms. The molecule has 3 aromatic rings. The predicted octanol–water partition coefficient (Wildman–Crippen LogP) is 6.93. The summed E-state index contributed by atoms with van der Waals surface area (Å²) in [4.78, 5) is 2.21. The number of rotatable bonds is 8. The summed E-state index contributed by atoms with van der Waals surface area (Å²) in [6.07, 6.45) is -8.68. The smallest absolute Gasteiger partial charge is 0.366 e. The van der Waals surface area contributed by atoms with E-state index in [4.69, 9.17) is 4.74 Å². The van der Waals surface area contributed by atoms with E-state index >= 15 is 0 Å². The molecule has 0 saturated carbocycles. The molecule has 194 valence electrons. The Morgan fingerprint density at radius 3 is 1.39 bits per heavy atom. The number of aryl methyl sites for hydroxylation is 1. The third-order valence-corrected chi connectivity index (χ3v) is 5.99. The summed E-state index contributed by atoms with van der Waals surface area (Å²) >= 11 is 0. The molecular formula is C27H28F6N2O. The second-order valence-corrected chi connectivity index (χ2v) is 8.79. The number of ether oxygens (including phenoxy) is 1. The number of benzene rings is 3. The highest BCUT2D eigenvalue weighted by molar-refractivity contribution is 5.56. The molecule has 3 nitrogen and oxygen atoms in total. The van der Waals surface area contributed by atoms with Crippen LogP contribution >= 0.6 is 0 Å². The van der Waals surface area contributed by atoms with E-state index in [0.29, 0.717) is 22.5 Å². The van der Waals surface area contributed by atoms with Gasteiger partial charge in [0.15, 0.2) is 0 Å². The number of halogens is 6. The second kappa shape index (κ2) is 10.4. The van der Waals surface area contributed by atoms with Crippen LogP contribution in [0.5, 0.6) is 0 Å². The second-order valence-electron chi connectivity index (χ2n) is 8.79. The molecule has 3 aromatic carbocycles. The molecule has 0 aliphatic rings. The fraction of sp³-hybridized carbons (Fsp3) is 0.333. The summed E-state index contributed by atoms with van der Waals surface area (Å²) in [5.74, 6) is 0. The van der Waals surface area contributed by atoms with Crippen LogP contribution in [0.2, 0.25) is 0 Å².